The van der Waals surface area contributed by atoms with E-state index in [4.69, 9.17) is 22.1 Å². The molecule has 0 bridgehead atoms. The number of halogens is 1. The fourth-order valence-corrected chi connectivity index (χ4v) is 3.13. The van der Waals surface area contributed by atoms with Crippen molar-refractivity contribution in [1.82, 2.24) is 0 Å². The highest BCUT2D eigenvalue weighted by molar-refractivity contribution is 6.33. The maximum atomic E-state index is 11.1. The number of rotatable bonds is 2. The molecule has 1 aliphatic rings. The van der Waals surface area contributed by atoms with Crippen LogP contribution < -0.4 is 5.73 Å². The first-order chi connectivity index (χ1) is 10.1. The summed E-state index contributed by atoms with van der Waals surface area (Å²) in [6.45, 7) is 0. The van der Waals surface area contributed by atoms with Crippen LogP contribution in [0.5, 0.6) is 0 Å². The van der Waals surface area contributed by atoms with Crippen molar-refractivity contribution in [2.24, 2.45) is 5.73 Å². The predicted molar refractivity (Wildman–Crippen MR) is 83.2 cm³/mol. The zero-order valence-electron chi connectivity index (χ0n) is 11.5. The lowest BCUT2D eigenvalue weighted by Crippen LogP contribution is -2.20. The molecule has 1 amide bonds. The number of carbonyl (C=O) groups excluding carboxylic acids is 1. The number of amides is 1. The van der Waals surface area contributed by atoms with Crippen LogP contribution >= 0.6 is 11.6 Å². The highest BCUT2D eigenvalue weighted by atomic mass is 35.5. The van der Waals surface area contributed by atoms with Gasteiger partial charge in [0, 0.05) is 10.6 Å². The van der Waals surface area contributed by atoms with Crippen LogP contribution in [0.4, 0.5) is 4.79 Å². The van der Waals surface area contributed by atoms with E-state index in [1.165, 1.54) is 5.56 Å². The molecule has 3 nitrogen and oxygen atoms in total. The monoisotopic (exact) mass is 301 g/mol. The molecular formula is C17H16ClNO2. The molecule has 0 spiro atoms. The van der Waals surface area contributed by atoms with E-state index in [9.17, 15) is 4.79 Å². The summed E-state index contributed by atoms with van der Waals surface area (Å²) in [5.74, 6) is 0. The number of fused-ring (bicyclic) bond motifs is 1. The summed E-state index contributed by atoms with van der Waals surface area (Å²) in [6.07, 6.45) is 1.82. The summed E-state index contributed by atoms with van der Waals surface area (Å²) in [5, 5.41) is 0.709. The van der Waals surface area contributed by atoms with Crippen LogP contribution in [0.25, 0.3) is 11.1 Å². The first kappa shape index (κ1) is 14.0. The van der Waals surface area contributed by atoms with Gasteiger partial charge in [-0.25, -0.2) is 4.79 Å². The van der Waals surface area contributed by atoms with Gasteiger partial charge in [0.2, 0.25) is 0 Å². The van der Waals surface area contributed by atoms with E-state index in [0.717, 1.165) is 36.0 Å². The van der Waals surface area contributed by atoms with E-state index < -0.39 is 6.09 Å². The minimum Gasteiger partial charge on any atom is -0.442 e. The van der Waals surface area contributed by atoms with Gasteiger partial charge in [-0.05, 0) is 48.1 Å². The standard InChI is InChI=1S/C17H16ClNO2/c18-15-6-2-1-5-13(15)12-9-8-11-4-3-7-16(14(11)10-12)21-17(19)20/h1-2,5-6,8-10,16H,3-4,7H2,(H2,19,20). The van der Waals surface area contributed by atoms with Crippen LogP contribution in [-0.4, -0.2) is 6.09 Å². The summed E-state index contributed by atoms with van der Waals surface area (Å²) in [5.41, 5.74) is 9.43. The van der Waals surface area contributed by atoms with Gasteiger partial charge in [0.15, 0.2) is 0 Å². The van der Waals surface area contributed by atoms with Crippen molar-refractivity contribution in [3.63, 3.8) is 0 Å². The average molecular weight is 302 g/mol. The van der Waals surface area contributed by atoms with Crippen LogP contribution in [-0.2, 0) is 11.2 Å². The van der Waals surface area contributed by atoms with Crippen molar-refractivity contribution in [2.75, 3.05) is 0 Å². The van der Waals surface area contributed by atoms with Gasteiger partial charge >= 0.3 is 6.09 Å². The summed E-state index contributed by atoms with van der Waals surface area (Å²) < 4.78 is 5.24. The Morgan fingerprint density at radius 3 is 2.81 bits per heavy atom. The topological polar surface area (TPSA) is 52.3 Å². The van der Waals surface area contributed by atoms with Crippen molar-refractivity contribution in [3.05, 3.63) is 58.6 Å². The summed E-state index contributed by atoms with van der Waals surface area (Å²) in [4.78, 5) is 11.1. The molecule has 0 saturated heterocycles. The maximum absolute atomic E-state index is 11.1. The molecule has 3 rings (SSSR count). The zero-order valence-corrected chi connectivity index (χ0v) is 12.3. The van der Waals surface area contributed by atoms with E-state index in [0.29, 0.717) is 5.02 Å². The Balaban J connectivity index is 2.03. The number of ether oxygens (including phenoxy) is 1. The van der Waals surface area contributed by atoms with E-state index in [2.05, 4.69) is 18.2 Å². The largest absolute Gasteiger partial charge is 0.442 e. The van der Waals surface area contributed by atoms with E-state index in [-0.39, 0.29) is 6.10 Å². The highest BCUT2D eigenvalue weighted by Gasteiger charge is 2.23. The Bertz CT molecular complexity index is 684. The Morgan fingerprint density at radius 1 is 1.24 bits per heavy atom. The molecule has 108 valence electrons. The minimum absolute atomic E-state index is 0.256. The third-order valence-corrected chi connectivity index (χ3v) is 4.18. The molecule has 0 fully saturated rings. The van der Waals surface area contributed by atoms with Gasteiger partial charge in [-0.1, -0.05) is 41.9 Å². The SMILES string of the molecule is NC(=O)OC1CCCc2ccc(-c3ccccc3Cl)cc21. The molecule has 0 aromatic heterocycles. The Morgan fingerprint density at radius 2 is 2.05 bits per heavy atom. The normalized spacial score (nSPS) is 17.1. The summed E-state index contributed by atoms with van der Waals surface area (Å²) >= 11 is 6.26. The lowest BCUT2D eigenvalue weighted by atomic mass is 9.87. The second-order valence-corrected chi connectivity index (χ2v) is 5.62. The second-order valence-electron chi connectivity index (χ2n) is 5.21. The fourth-order valence-electron chi connectivity index (χ4n) is 2.88. The van der Waals surface area contributed by atoms with E-state index in [1.54, 1.807) is 0 Å². The smallest absolute Gasteiger partial charge is 0.405 e. The van der Waals surface area contributed by atoms with Gasteiger partial charge in [-0.15, -0.1) is 0 Å². The first-order valence-corrected chi connectivity index (χ1v) is 7.37. The molecule has 0 radical (unpaired) electrons. The van der Waals surface area contributed by atoms with Crippen LogP contribution in [0.3, 0.4) is 0 Å². The van der Waals surface area contributed by atoms with Crippen molar-refractivity contribution < 1.29 is 9.53 Å². The third kappa shape index (κ3) is 2.88. The number of aryl methyl sites for hydroxylation is 1. The molecule has 1 atom stereocenters. The first-order valence-electron chi connectivity index (χ1n) is 6.99. The lowest BCUT2D eigenvalue weighted by molar-refractivity contribution is 0.0959. The number of hydrogen-bond acceptors (Lipinski definition) is 2. The lowest BCUT2D eigenvalue weighted by Gasteiger charge is -2.25. The second kappa shape index (κ2) is 5.78. The van der Waals surface area contributed by atoms with Crippen LogP contribution in [0.1, 0.15) is 30.1 Å². The number of carbonyl (C=O) groups is 1. The molecule has 0 aliphatic heterocycles. The highest BCUT2D eigenvalue weighted by Crippen LogP contribution is 2.36. The van der Waals surface area contributed by atoms with Gasteiger partial charge in [0.05, 0.1) is 0 Å². The minimum atomic E-state index is -0.726. The van der Waals surface area contributed by atoms with Crippen molar-refractivity contribution in [2.45, 2.75) is 25.4 Å². The van der Waals surface area contributed by atoms with Crippen molar-refractivity contribution in [1.29, 1.82) is 0 Å². The molecule has 2 aromatic rings. The Labute approximate surface area is 128 Å². The van der Waals surface area contributed by atoms with Gasteiger partial charge in [0.1, 0.15) is 6.10 Å². The van der Waals surface area contributed by atoms with Gasteiger partial charge in [-0.2, -0.15) is 0 Å². The molecule has 2 aromatic carbocycles. The third-order valence-electron chi connectivity index (χ3n) is 3.85. The number of primary amides is 1. The van der Waals surface area contributed by atoms with Crippen LogP contribution in [0.15, 0.2) is 42.5 Å². The van der Waals surface area contributed by atoms with Crippen molar-refractivity contribution >= 4 is 17.7 Å². The van der Waals surface area contributed by atoms with Gasteiger partial charge in [-0.3, -0.25) is 0 Å². The van der Waals surface area contributed by atoms with Gasteiger partial charge < -0.3 is 10.5 Å². The summed E-state index contributed by atoms with van der Waals surface area (Å²) in [7, 11) is 0. The molecule has 0 saturated carbocycles. The zero-order chi connectivity index (χ0) is 14.8. The van der Waals surface area contributed by atoms with Crippen LogP contribution in [0.2, 0.25) is 5.02 Å². The number of benzene rings is 2. The molecule has 2 N–H and O–H groups in total. The number of hydrogen-bond donors (Lipinski definition) is 1. The van der Waals surface area contributed by atoms with Gasteiger partial charge in [0.25, 0.3) is 0 Å². The molecule has 21 heavy (non-hydrogen) atoms. The molecule has 4 heteroatoms. The fraction of sp³-hybridized carbons (Fsp3) is 0.235. The Hall–Kier alpha value is -2.00. The summed E-state index contributed by atoms with van der Waals surface area (Å²) in [6, 6.07) is 13.9. The maximum Gasteiger partial charge on any atom is 0.405 e. The molecule has 0 heterocycles. The molecular weight excluding hydrogens is 286 g/mol. The quantitative estimate of drug-likeness (QED) is 0.889. The average Bonchev–Trinajstić information content (AvgIpc) is 2.47. The predicted octanol–water partition coefficient (Wildman–Crippen LogP) is 4.48. The molecule has 1 unspecified atom stereocenters. The van der Waals surface area contributed by atoms with E-state index >= 15 is 0 Å². The van der Waals surface area contributed by atoms with E-state index in [1.807, 2.05) is 24.3 Å². The molecule has 1 aliphatic carbocycles. The number of nitrogens with two attached hydrogens (primary N) is 1. The Kier molecular flexibility index (Phi) is 3.84. The van der Waals surface area contributed by atoms with Crippen molar-refractivity contribution in [3.8, 4) is 11.1 Å². The van der Waals surface area contributed by atoms with Crippen LogP contribution in [0, 0.1) is 0 Å².